The topological polar surface area (TPSA) is 117 Å². The molecule has 28 heavy (non-hydrogen) atoms. The molecule has 0 saturated heterocycles. The highest BCUT2D eigenvalue weighted by molar-refractivity contribution is 7.89. The third-order valence-electron chi connectivity index (χ3n) is 3.85. The number of nitrogens with zero attached hydrogens (tertiary/aromatic N) is 2. The van der Waals surface area contributed by atoms with E-state index in [1.165, 1.54) is 38.1 Å². The van der Waals surface area contributed by atoms with Gasteiger partial charge in [0.2, 0.25) is 0 Å². The Balaban J connectivity index is 2.11. The highest BCUT2D eigenvalue weighted by atomic mass is 32.2. The summed E-state index contributed by atoms with van der Waals surface area (Å²) in [5, 5.41) is 7.59. The summed E-state index contributed by atoms with van der Waals surface area (Å²) in [6.45, 7) is 6.72. The molecule has 0 aromatic heterocycles. The average Bonchev–Trinajstić information content (AvgIpc) is 2.65. The molecule has 0 radical (unpaired) electrons. The Morgan fingerprint density at radius 3 is 1.21 bits per heavy atom. The maximum Gasteiger partial charge on any atom is 0.276 e. The minimum Gasteiger partial charge on any atom is -0.200 e. The van der Waals surface area contributed by atoms with E-state index in [1.54, 1.807) is 24.3 Å². The second-order valence-electron chi connectivity index (χ2n) is 6.21. The van der Waals surface area contributed by atoms with Gasteiger partial charge < -0.3 is 0 Å². The predicted octanol–water partition coefficient (Wildman–Crippen LogP) is 2.31. The van der Waals surface area contributed by atoms with Crippen LogP contribution in [0, 0.1) is 13.8 Å². The van der Waals surface area contributed by atoms with Crippen LogP contribution < -0.4 is 9.66 Å². The molecule has 0 aliphatic rings. The molecule has 0 amide bonds. The summed E-state index contributed by atoms with van der Waals surface area (Å²) in [5.41, 5.74) is 2.29. The van der Waals surface area contributed by atoms with E-state index in [-0.39, 0.29) is 21.2 Å². The van der Waals surface area contributed by atoms with Crippen molar-refractivity contribution in [1.29, 1.82) is 0 Å². The van der Waals surface area contributed by atoms with Gasteiger partial charge in [-0.2, -0.15) is 36.7 Å². The van der Waals surface area contributed by atoms with Gasteiger partial charge in [-0.3, -0.25) is 0 Å². The van der Waals surface area contributed by atoms with Gasteiger partial charge in [-0.15, -0.1) is 0 Å². The van der Waals surface area contributed by atoms with E-state index in [0.717, 1.165) is 11.1 Å². The summed E-state index contributed by atoms with van der Waals surface area (Å²) in [4.78, 5) is 4.37. The fourth-order valence-electron chi connectivity index (χ4n) is 1.96. The lowest BCUT2D eigenvalue weighted by Crippen LogP contribution is -2.24. The standard InChI is InChI=1S/C18H22N4O4S2/c1-13-5-9-17(10-6-13)27(23,24)21-19-15(3)16(4)20-22-28(25,26)18-11-7-14(2)8-12-18/h5-12,21-22H,1-4H3/b19-15+,20-16+. The summed E-state index contributed by atoms with van der Waals surface area (Å²) in [6, 6.07) is 12.6. The fraction of sp³-hybridized carbons (Fsp3) is 0.222. The number of rotatable bonds is 7. The number of sulfonamides is 2. The SMILES string of the molecule is CC(=N\NS(=O)(=O)c1ccc(C)cc1)/C(C)=N/NS(=O)(=O)c1ccc(C)cc1. The minimum atomic E-state index is -3.83. The second kappa shape index (κ2) is 8.53. The second-order valence-corrected chi connectivity index (χ2v) is 9.53. The Morgan fingerprint density at radius 1 is 0.643 bits per heavy atom. The summed E-state index contributed by atoms with van der Waals surface area (Å²) in [7, 11) is -7.65. The van der Waals surface area contributed by atoms with Crippen molar-refractivity contribution in [2.75, 3.05) is 0 Å². The smallest absolute Gasteiger partial charge is 0.200 e. The van der Waals surface area contributed by atoms with E-state index in [2.05, 4.69) is 19.9 Å². The number of aryl methyl sites for hydroxylation is 2. The Hall–Kier alpha value is -2.72. The van der Waals surface area contributed by atoms with Crippen molar-refractivity contribution in [3.8, 4) is 0 Å². The maximum atomic E-state index is 12.2. The van der Waals surface area contributed by atoms with Crippen LogP contribution in [0.2, 0.25) is 0 Å². The van der Waals surface area contributed by atoms with Crippen LogP contribution in [0.25, 0.3) is 0 Å². The highest BCUT2D eigenvalue weighted by Crippen LogP contribution is 2.11. The van der Waals surface area contributed by atoms with Gasteiger partial charge in [0, 0.05) is 0 Å². The zero-order chi connectivity index (χ0) is 20.9. The molecule has 0 atom stereocenters. The lowest BCUT2D eigenvalue weighted by molar-refractivity contribution is 0.582. The lowest BCUT2D eigenvalue weighted by atomic mass is 10.2. The van der Waals surface area contributed by atoms with Crippen LogP contribution in [0.5, 0.6) is 0 Å². The number of benzene rings is 2. The van der Waals surface area contributed by atoms with Gasteiger partial charge in [0.25, 0.3) is 20.0 Å². The van der Waals surface area contributed by atoms with Crippen molar-refractivity contribution in [3.05, 3.63) is 59.7 Å². The molecule has 2 aromatic rings. The molecule has 0 heterocycles. The highest BCUT2D eigenvalue weighted by Gasteiger charge is 2.14. The van der Waals surface area contributed by atoms with Crippen molar-refractivity contribution in [1.82, 2.24) is 9.66 Å². The molecule has 10 heteroatoms. The molecule has 2 aromatic carbocycles. The maximum absolute atomic E-state index is 12.2. The van der Waals surface area contributed by atoms with E-state index in [1.807, 2.05) is 13.8 Å². The number of hydrogen-bond donors (Lipinski definition) is 2. The Morgan fingerprint density at radius 2 is 0.929 bits per heavy atom. The Labute approximate surface area is 165 Å². The third kappa shape index (κ3) is 5.64. The quantitative estimate of drug-likeness (QED) is 0.526. The lowest BCUT2D eigenvalue weighted by Gasteiger charge is -2.07. The van der Waals surface area contributed by atoms with Crippen molar-refractivity contribution < 1.29 is 16.8 Å². The van der Waals surface area contributed by atoms with E-state index >= 15 is 0 Å². The zero-order valence-corrected chi connectivity index (χ0v) is 17.6. The predicted molar refractivity (Wildman–Crippen MR) is 109 cm³/mol. The summed E-state index contributed by atoms with van der Waals surface area (Å²) in [5.74, 6) is 0. The van der Waals surface area contributed by atoms with E-state index in [0.29, 0.717) is 0 Å². The molecule has 150 valence electrons. The van der Waals surface area contributed by atoms with E-state index < -0.39 is 20.0 Å². The summed E-state index contributed by atoms with van der Waals surface area (Å²) >= 11 is 0. The van der Waals surface area contributed by atoms with Crippen LogP contribution >= 0.6 is 0 Å². The van der Waals surface area contributed by atoms with E-state index in [4.69, 9.17) is 0 Å². The average molecular weight is 423 g/mol. The number of hydrazone groups is 2. The molecule has 0 spiro atoms. The van der Waals surface area contributed by atoms with Crippen LogP contribution in [-0.4, -0.2) is 28.3 Å². The van der Waals surface area contributed by atoms with Crippen LogP contribution in [0.15, 0.2) is 68.5 Å². The third-order valence-corrected chi connectivity index (χ3v) is 6.30. The number of nitrogens with one attached hydrogen (secondary N) is 2. The van der Waals surface area contributed by atoms with Gasteiger partial charge in [0.1, 0.15) is 0 Å². The molecule has 2 rings (SSSR count). The molecule has 0 unspecified atom stereocenters. The molecule has 0 saturated carbocycles. The first-order valence-corrected chi connectivity index (χ1v) is 11.2. The molecule has 2 N–H and O–H groups in total. The molecule has 0 bridgehead atoms. The normalized spacial score (nSPS) is 13.3. The van der Waals surface area contributed by atoms with E-state index in [9.17, 15) is 16.8 Å². The Kier molecular flexibility index (Phi) is 6.57. The van der Waals surface area contributed by atoms with Crippen molar-refractivity contribution in [3.63, 3.8) is 0 Å². The largest absolute Gasteiger partial charge is 0.276 e. The number of hydrogen-bond acceptors (Lipinski definition) is 6. The van der Waals surface area contributed by atoms with Gasteiger partial charge in [-0.25, -0.2) is 0 Å². The van der Waals surface area contributed by atoms with Crippen LogP contribution in [-0.2, 0) is 20.0 Å². The molecule has 8 nitrogen and oxygen atoms in total. The van der Waals surface area contributed by atoms with Gasteiger partial charge in [-0.05, 0) is 52.0 Å². The van der Waals surface area contributed by atoms with Gasteiger partial charge in [0.05, 0.1) is 21.2 Å². The monoisotopic (exact) mass is 422 g/mol. The fourth-order valence-corrected chi connectivity index (χ4v) is 3.67. The van der Waals surface area contributed by atoms with Crippen molar-refractivity contribution in [2.45, 2.75) is 37.5 Å². The van der Waals surface area contributed by atoms with Gasteiger partial charge in [0.15, 0.2) is 0 Å². The van der Waals surface area contributed by atoms with Crippen molar-refractivity contribution >= 4 is 31.5 Å². The molecule has 0 fully saturated rings. The summed E-state index contributed by atoms with van der Waals surface area (Å²) in [6.07, 6.45) is 0. The molecule has 0 aliphatic heterocycles. The zero-order valence-electron chi connectivity index (χ0n) is 16.0. The first kappa shape index (κ1) is 21.6. The van der Waals surface area contributed by atoms with Crippen LogP contribution in [0.1, 0.15) is 25.0 Å². The van der Waals surface area contributed by atoms with Gasteiger partial charge in [-0.1, -0.05) is 35.4 Å². The first-order chi connectivity index (χ1) is 13.0. The molecule has 0 aliphatic carbocycles. The van der Waals surface area contributed by atoms with Crippen molar-refractivity contribution in [2.24, 2.45) is 10.2 Å². The Bertz CT molecular complexity index is 1010. The molecular formula is C18H22N4O4S2. The first-order valence-electron chi connectivity index (χ1n) is 8.27. The minimum absolute atomic E-state index is 0.0734. The van der Waals surface area contributed by atoms with Crippen LogP contribution in [0.4, 0.5) is 0 Å². The summed E-state index contributed by atoms with van der Waals surface area (Å²) < 4.78 is 48.9. The van der Waals surface area contributed by atoms with Gasteiger partial charge >= 0.3 is 0 Å². The molecular weight excluding hydrogens is 400 g/mol. The van der Waals surface area contributed by atoms with Crippen LogP contribution in [0.3, 0.4) is 0 Å².